The summed E-state index contributed by atoms with van der Waals surface area (Å²) in [4.78, 5) is 0. The van der Waals surface area contributed by atoms with Crippen molar-refractivity contribution >= 4 is 0 Å². The average Bonchev–Trinajstić information content (AvgIpc) is 2.31. The summed E-state index contributed by atoms with van der Waals surface area (Å²) in [5.74, 6) is -1.71. The molecule has 0 spiro atoms. The fourth-order valence-electron chi connectivity index (χ4n) is 0.972. The smallest absolute Gasteiger partial charge is 0.163 e. The first-order chi connectivity index (χ1) is 5.82. The highest BCUT2D eigenvalue weighted by Gasteiger charge is 2.40. The molecule has 0 bridgehead atoms. The lowest BCUT2D eigenvalue weighted by atomic mass is 10.0. The van der Waals surface area contributed by atoms with Crippen molar-refractivity contribution in [2.24, 2.45) is 5.89 Å². The SMILES string of the molecule is [2H]C1([2H])O[C@@]2([2H])OCC[C@@]2([2H])[C@H]1O. The molecule has 2 rings (SSSR count). The van der Waals surface area contributed by atoms with E-state index < -0.39 is 24.8 Å². The number of rotatable bonds is 0. The Morgan fingerprint density at radius 2 is 2.56 bits per heavy atom. The predicted octanol–water partition coefficient (Wildman–Crippen LogP) is -0.260. The van der Waals surface area contributed by atoms with Gasteiger partial charge in [0.1, 0.15) is 0 Å². The van der Waals surface area contributed by atoms with Crippen molar-refractivity contribution in [3.8, 4) is 0 Å². The van der Waals surface area contributed by atoms with Crippen molar-refractivity contribution in [1.29, 1.82) is 0 Å². The Bertz CT molecular complexity index is 248. The normalized spacial score (nSPS) is 78.1. The third-order valence-electron chi connectivity index (χ3n) is 1.46. The largest absolute Gasteiger partial charge is 0.390 e. The molecule has 2 saturated heterocycles. The van der Waals surface area contributed by atoms with Crippen LogP contribution >= 0.6 is 0 Å². The molecule has 3 heteroatoms. The average molecular weight is 134 g/mol. The predicted molar refractivity (Wildman–Crippen MR) is 29.8 cm³/mol. The van der Waals surface area contributed by atoms with Gasteiger partial charge in [0.25, 0.3) is 0 Å². The zero-order chi connectivity index (χ0) is 9.91. The van der Waals surface area contributed by atoms with Gasteiger partial charge in [-0.05, 0) is 6.42 Å². The fraction of sp³-hybridized carbons (Fsp3) is 1.00. The maximum Gasteiger partial charge on any atom is 0.163 e. The number of hydrogen-bond acceptors (Lipinski definition) is 3. The van der Waals surface area contributed by atoms with Crippen LogP contribution in [0.4, 0.5) is 0 Å². The summed E-state index contributed by atoms with van der Waals surface area (Å²) in [6.07, 6.45) is -3.59. The molecule has 9 heavy (non-hydrogen) atoms. The second-order valence-corrected chi connectivity index (χ2v) is 2.03. The second-order valence-electron chi connectivity index (χ2n) is 2.03. The maximum absolute atomic E-state index is 9.46. The standard InChI is InChI=1S/C6H10O3/c7-5-3-9-6-4(5)1-2-8-6/h4-7H,1-3H2/t4-,5-,6+/m0/s1/i3D2,4D,6D. The molecule has 52 valence electrons. The van der Waals surface area contributed by atoms with Gasteiger partial charge in [0.05, 0.1) is 23.4 Å². The molecule has 0 aromatic heterocycles. The molecule has 3 nitrogen and oxygen atoms in total. The van der Waals surface area contributed by atoms with E-state index in [9.17, 15) is 5.11 Å². The van der Waals surface area contributed by atoms with Gasteiger partial charge in [0, 0.05) is 7.26 Å². The molecule has 2 fully saturated rings. The Morgan fingerprint density at radius 3 is 3.33 bits per heavy atom. The van der Waals surface area contributed by atoms with E-state index in [1.165, 1.54) is 0 Å². The highest BCUT2D eigenvalue weighted by Crippen LogP contribution is 2.30. The van der Waals surface area contributed by atoms with Gasteiger partial charge in [-0.1, -0.05) is 0 Å². The van der Waals surface area contributed by atoms with Crippen molar-refractivity contribution < 1.29 is 20.1 Å². The quantitative estimate of drug-likeness (QED) is 0.496. The monoisotopic (exact) mass is 134 g/mol. The maximum atomic E-state index is 9.46. The Balaban J connectivity index is 2.41. The van der Waals surface area contributed by atoms with E-state index in [0.717, 1.165) is 0 Å². The van der Waals surface area contributed by atoms with Crippen molar-refractivity contribution in [2.75, 3.05) is 13.2 Å². The van der Waals surface area contributed by atoms with E-state index in [2.05, 4.69) is 4.74 Å². The molecule has 0 aromatic rings. The minimum Gasteiger partial charge on any atom is -0.390 e. The topological polar surface area (TPSA) is 38.7 Å². The zero-order valence-electron chi connectivity index (χ0n) is 8.76. The molecule has 3 atom stereocenters. The molecule has 2 aliphatic rings. The summed E-state index contributed by atoms with van der Waals surface area (Å²) in [5.41, 5.74) is 0. The van der Waals surface area contributed by atoms with E-state index in [0.29, 0.717) is 0 Å². The van der Waals surface area contributed by atoms with Crippen LogP contribution in [-0.4, -0.2) is 30.6 Å². The van der Waals surface area contributed by atoms with Crippen molar-refractivity contribution in [2.45, 2.75) is 18.8 Å². The summed E-state index contributed by atoms with van der Waals surface area (Å²) < 4.78 is 39.2. The molecule has 0 amide bonds. The van der Waals surface area contributed by atoms with E-state index in [1.54, 1.807) is 0 Å². The van der Waals surface area contributed by atoms with Gasteiger partial charge in [0.15, 0.2) is 6.27 Å². The summed E-state index contributed by atoms with van der Waals surface area (Å²) in [6.45, 7) is -2.23. The molecule has 0 unspecified atom stereocenters. The van der Waals surface area contributed by atoms with Crippen LogP contribution in [0.15, 0.2) is 0 Å². The molecule has 2 aliphatic heterocycles. The molecular formula is C6H10O3. The lowest BCUT2D eigenvalue weighted by molar-refractivity contribution is -0.0907. The number of aliphatic hydroxyl groups is 1. The van der Waals surface area contributed by atoms with Crippen molar-refractivity contribution in [3.63, 3.8) is 0 Å². The molecule has 2 heterocycles. The first kappa shape index (κ1) is 2.86. The number of aliphatic hydroxyl groups excluding tert-OH is 1. The van der Waals surface area contributed by atoms with Crippen LogP contribution in [0.25, 0.3) is 0 Å². The van der Waals surface area contributed by atoms with Crippen LogP contribution in [0.5, 0.6) is 0 Å². The molecule has 0 radical (unpaired) electrons. The van der Waals surface area contributed by atoms with Crippen LogP contribution in [-0.2, 0) is 9.47 Å². The minimum atomic E-state index is -2.37. The lowest BCUT2D eigenvalue weighted by Gasteiger charge is -2.06. The van der Waals surface area contributed by atoms with Gasteiger partial charge in [0.2, 0.25) is 0 Å². The molecule has 0 aliphatic carbocycles. The van der Waals surface area contributed by atoms with Gasteiger partial charge in [-0.25, -0.2) is 0 Å². The highest BCUT2D eigenvalue weighted by molar-refractivity contribution is 4.81. The van der Waals surface area contributed by atoms with E-state index >= 15 is 0 Å². The van der Waals surface area contributed by atoms with Gasteiger partial charge >= 0.3 is 0 Å². The molecule has 0 aromatic carbocycles. The van der Waals surface area contributed by atoms with E-state index in [1.807, 2.05) is 0 Å². The van der Waals surface area contributed by atoms with Gasteiger partial charge in [-0.2, -0.15) is 0 Å². The lowest BCUT2D eigenvalue weighted by Crippen LogP contribution is -2.18. The Kier molecular flexibility index (Phi) is 0.616. The highest BCUT2D eigenvalue weighted by atomic mass is 16.7. The minimum absolute atomic E-state index is 0.108. The van der Waals surface area contributed by atoms with Crippen LogP contribution in [0, 0.1) is 5.89 Å². The van der Waals surface area contributed by atoms with E-state index in [-0.39, 0.29) is 13.0 Å². The Morgan fingerprint density at radius 1 is 1.67 bits per heavy atom. The number of ether oxygens (including phenoxy) is 2. The summed E-state index contributed by atoms with van der Waals surface area (Å²) in [6, 6.07) is 0. The first-order valence-electron chi connectivity index (χ1n) is 4.84. The van der Waals surface area contributed by atoms with Crippen LogP contribution in [0.3, 0.4) is 0 Å². The Hall–Kier alpha value is -0.120. The summed E-state index contributed by atoms with van der Waals surface area (Å²) in [5, 5.41) is 9.46. The van der Waals surface area contributed by atoms with Gasteiger partial charge in [-0.15, -0.1) is 0 Å². The second kappa shape index (κ2) is 1.94. The van der Waals surface area contributed by atoms with Gasteiger partial charge in [-0.3, -0.25) is 0 Å². The summed E-state index contributed by atoms with van der Waals surface area (Å²) in [7, 11) is 0. The first-order valence-corrected chi connectivity index (χ1v) is 2.84. The molecule has 0 saturated carbocycles. The van der Waals surface area contributed by atoms with Crippen LogP contribution in [0.2, 0.25) is 0 Å². The Labute approximate surface area is 59.2 Å². The number of fused-ring (bicyclic) bond motifs is 1. The number of hydrogen-bond donors (Lipinski definition) is 1. The third kappa shape index (κ3) is 0.764. The zero-order valence-corrected chi connectivity index (χ0v) is 4.76. The van der Waals surface area contributed by atoms with Crippen LogP contribution in [0.1, 0.15) is 11.9 Å². The molecular weight excluding hydrogens is 120 g/mol. The molecule has 1 N–H and O–H groups in total. The van der Waals surface area contributed by atoms with E-state index in [4.69, 9.17) is 10.2 Å². The summed E-state index contributed by atoms with van der Waals surface area (Å²) >= 11 is 0. The van der Waals surface area contributed by atoms with Crippen molar-refractivity contribution in [1.82, 2.24) is 0 Å². The van der Waals surface area contributed by atoms with Crippen LogP contribution < -0.4 is 0 Å². The van der Waals surface area contributed by atoms with Gasteiger partial charge < -0.3 is 14.6 Å². The van der Waals surface area contributed by atoms with Crippen molar-refractivity contribution in [3.05, 3.63) is 0 Å². The fourth-order valence-corrected chi connectivity index (χ4v) is 0.972. The third-order valence-corrected chi connectivity index (χ3v) is 1.46.